The summed E-state index contributed by atoms with van der Waals surface area (Å²) in [6, 6.07) is 0. The molecule has 0 bridgehead atoms. The summed E-state index contributed by atoms with van der Waals surface area (Å²) >= 11 is 1.69. The molecule has 1 aliphatic heterocycles. The molecular formula is C14H20N4OS. The first-order valence-electron chi connectivity index (χ1n) is 7.09. The molecule has 0 aliphatic carbocycles. The molecule has 1 saturated heterocycles. The number of hydrogen-bond donors (Lipinski definition) is 2. The standard InChI is InChI=1S/C14H20N4OS/c1-10-8-20-13-12(10)17-9-18-14(13)16-6-7-19-11-2-4-15-5-3-11/h8-9,11,15H,2-7H2,1H3,(H,16,17,18). The predicted octanol–water partition coefficient (Wildman–Crippen LogP) is 2.18. The van der Waals surface area contributed by atoms with Gasteiger partial charge in [-0.3, -0.25) is 0 Å². The summed E-state index contributed by atoms with van der Waals surface area (Å²) in [7, 11) is 0. The van der Waals surface area contributed by atoms with Gasteiger partial charge >= 0.3 is 0 Å². The zero-order valence-electron chi connectivity index (χ0n) is 11.7. The van der Waals surface area contributed by atoms with Gasteiger partial charge in [-0.2, -0.15) is 0 Å². The lowest BCUT2D eigenvalue weighted by Gasteiger charge is -2.23. The van der Waals surface area contributed by atoms with Crippen molar-refractivity contribution < 1.29 is 4.74 Å². The van der Waals surface area contributed by atoms with Crippen LogP contribution in [-0.2, 0) is 4.74 Å². The maximum atomic E-state index is 5.88. The minimum absolute atomic E-state index is 0.410. The molecule has 1 aliphatic rings. The number of rotatable bonds is 5. The van der Waals surface area contributed by atoms with Gasteiger partial charge in [0, 0.05) is 6.54 Å². The highest BCUT2D eigenvalue weighted by molar-refractivity contribution is 7.18. The van der Waals surface area contributed by atoms with Crippen LogP contribution in [0.3, 0.4) is 0 Å². The van der Waals surface area contributed by atoms with Gasteiger partial charge in [0.05, 0.1) is 22.9 Å². The molecule has 3 heterocycles. The van der Waals surface area contributed by atoms with Crippen LogP contribution in [0.1, 0.15) is 18.4 Å². The van der Waals surface area contributed by atoms with Crippen LogP contribution in [0.5, 0.6) is 0 Å². The third kappa shape index (κ3) is 3.08. The van der Waals surface area contributed by atoms with Crippen LogP contribution in [-0.4, -0.2) is 42.3 Å². The molecule has 6 heteroatoms. The van der Waals surface area contributed by atoms with Crippen molar-refractivity contribution in [2.24, 2.45) is 0 Å². The number of thiophene rings is 1. The number of aromatic nitrogens is 2. The number of nitrogens with zero attached hydrogens (tertiary/aromatic N) is 2. The average Bonchev–Trinajstić information content (AvgIpc) is 2.87. The molecule has 20 heavy (non-hydrogen) atoms. The van der Waals surface area contributed by atoms with E-state index in [9.17, 15) is 0 Å². The molecule has 0 saturated carbocycles. The van der Waals surface area contributed by atoms with Crippen molar-refractivity contribution in [2.45, 2.75) is 25.9 Å². The Hall–Kier alpha value is -1.24. The largest absolute Gasteiger partial charge is 0.376 e. The summed E-state index contributed by atoms with van der Waals surface area (Å²) in [4.78, 5) is 8.65. The highest BCUT2D eigenvalue weighted by Crippen LogP contribution is 2.28. The Bertz CT molecular complexity index is 565. The second-order valence-corrected chi connectivity index (χ2v) is 5.95. The van der Waals surface area contributed by atoms with Crippen molar-refractivity contribution in [3.63, 3.8) is 0 Å². The number of anilines is 1. The Kier molecular flexibility index (Phi) is 4.44. The summed E-state index contributed by atoms with van der Waals surface area (Å²) in [6.07, 6.45) is 4.26. The number of fused-ring (bicyclic) bond motifs is 1. The third-order valence-electron chi connectivity index (χ3n) is 3.57. The van der Waals surface area contributed by atoms with Crippen LogP contribution in [0.2, 0.25) is 0 Å². The van der Waals surface area contributed by atoms with E-state index in [2.05, 4.69) is 32.9 Å². The fraction of sp³-hybridized carbons (Fsp3) is 0.571. The van der Waals surface area contributed by atoms with Crippen molar-refractivity contribution in [2.75, 3.05) is 31.6 Å². The number of piperidine rings is 1. The second kappa shape index (κ2) is 6.47. The van der Waals surface area contributed by atoms with Gasteiger partial charge in [-0.1, -0.05) is 0 Å². The maximum Gasteiger partial charge on any atom is 0.147 e. The Morgan fingerprint density at radius 1 is 1.40 bits per heavy atom. The number of hydrogen-bond acceptors (Lipinski definition) is 6. The molecule has 3 rings (SSSR count). The van der Waals surface area contributed by atoms with Gasteiger partial charge in [0.1, 0.15) is 12.1 Å². The predicted molar refractivity (Wildman–Crippen MR) is 82.5 cm³/mol. The summed E-state index contributed by atoms with van der Waals surface area (Å²) < 4.78 is 7.01. The first-order valence-corrected chi connectivity index (χ1v) is 7.97. The van der Waals surface area contributed by atoms with Crippen molar-refractivity contribution in [1.82, 2.24) is 15.3 Å². The zero-order valence-corrected chi connectivity index (χ0v) is 12.5. The van der Waals surface area contributed by atoms with Crippen LogP contribution < -0.4 is 10.6 Å². The molecule has 1 fully saturated rings. The normalized spacial score (nSPS) is 16.6. The van der Waals surface area contributed by atoms with Crippen molar-refractivity contribution in [1.29, 1.82) is 0 Å². The average molecular weight is 292 g/mol. The lowest BCUT2D eigenvalue weighted by Crippen LogP contribution is -2.33. The minimum Gasteiger partial charge on any atom is -0.376 e. The summed E-state index contributed by atoms with van der Waals surface area (Å²) in [6.45, 7) is 5.72. The highest BCUT2D eigenvalue weighted by atomic mass is 32.1. The van der Waals surface area contributed by atoms with Crippen LogP contribution >= 0.6 is 11.3 Å². The van der Waals surface area contributed by atoms with Gasteiger partial charge in [0.15, 0.2) is 0 Å². The summed E-state index contributed by atoms with van der Waals surface area (Å²) in [5.74, 6) is 0.919. The fourth-order valence-electron chi connectivity index (χ4n) is 2.45. The first-order chi connectivity index (χ1) is 9.84. The topological polar surface area (TPSA) is 59.1 Å². The van der Waals surface area contributed by atoms with E-state index in [4.69, 9.17) is 4.74 Å². The van der Waals surface area contributed by atoms with E-state index in [1.807, 2.05) is 0 Å². The van der Waals surface area contributed by atoms with E-state index in [-0.39, 0.29) is 0 Å². The fourth-order valence-corrected chi connectivity index (χ4v) is 3.42. The molecule has 5 nitrogen and oxygen atoms in total. The molecule has 0 atom stereocenters. The Morgan fingerprint density at radius 3 is 3.10 bits per heavy atom. The Balaban J connectivity index is 1.52. The second-order valence-electron chi connectivity index (χ2n) is 5.07. The van der Waals surface area contributed by atoms with Crippen LogP contribution in [0.15, 0.2) is 11.7 Å². The molecule has 108 valence electrons. The van der Waals surface area contributed by atoms with Crippen LogP contribution in [0.4, 0.5) is 5.82 Å². The van der Waals surface area contributed by atoms with E-state index in [0.717, 1.165) is 55.1 Å². The highest BCUT2D eigenvalue weighted by Gasteiger charge is 2.13. The van der Waals surface area contributed by atoms with E-state index in [1.54, 1.807) is 17.7 Å². The lowest BCUT2D eigenvalue weighted by molar-refractivity contribution is 0.0394. The zero-order chi connectivity index (χ0) is 13.8. The quantitative estimate of drug-likeness (QED) is 0.827. The summed E-state index contributed by atoms with van der Waals surface area (Å²) in [5.41, 5.74) is 2.26. The molecule has 0 spiro atoms. The van der Waals surface area contributed by atoms with Gasteiger partial charge in [-0.05, 0) is 43.8 Å². The van der Waals surface area contributed by atoms with Gasteiger partial charge in [0.2, 0.25) is 0 Å². The van der Waals surface area contributed by atoms with Crippen molar-refractivity contribution in [3.05, 3.63) is 17.3 Å². The SMILES string of the molecule is Cc1csc2c(NCCOC3CCNCC3)ncnc12. The molecule has 0 radical (unpaired) electrons. The summed E-state index contributed by atoms with van der Waals surface area (Å²) in [5, 5.41) is 8.82. The molecular weight excluding hydrogens is 272 g/mol. The molecule has 2 N–H and O–H groups in total. The van der Waals surface area contributed by atoms with Gasteiger partial charge < -0.3 is 15.4 Å². The Morgan fingerprint density at radius 2 is 2.25 bits per heavy atom. The number of ether oxygens (including phenoxy) is 1. The van der Waals surface area contributed by atoms with Gasteiger partial charge in [0.25, 0.3) is 0 Å². The molecule has 0 unspecified atom stereocenters. The van der Waals surface area contributed by atoms with Crippen molar-refractivity contribution in [3.8, 4) is 0 Å². The minimum atomic E-state index is 0.410. The molecule has 2 aromatic heterocycles. The van der Waals surface area contributed by atoms with E-state index in [0.29, 0.717) is 6.10 Å². The van der Waals surface area contributed by atoms with Crippen molar-refractivity contribution >= 4 is 27.4 Å². The van der Waals surface area contributed by atoms with Crippen LogP contribution in [0, 0.1) is 6.92 Å². The molecule has 0 amide bonds. The van der Waals surface area contributed by atoms with E-state index in [1.165, 1.54) is 5.56 Å². The van der Waals surface area contributed by atoms with E-state index < -0.39 is 0 Å². The first kappa shape index (κ1) is 13.7. The smallest absolute Gasteiger partial charge is 0.147 e. The number of nitrogens with one attached hydrogen (secondary N) is 2. The van der Waals surface area contributed by atoms with E-state index >= 15 is 0 Å². The molecule has 2 aromatic rings. The third-order valence-corrected chi connectivity index (χ3v) is 4.66. The lowest BCUT2D eigenvalue weighted by atomic mass is 10.1. The monoisotopic (exact) mass is 292 g/mol. The van der Waals surface area contributed by atoms with Gasteiger partial charge in [-0.15, -0.1) is 11.3 Å². The Labute approximate surface area is 122 Å². The number of aryl methyl sites for hydroxylation is 1. The van der Waals surface area contributed by atoms with Crippen LogP contribution in [0.25, 0.3) is 10.2 Å². The van der Waals surface area contributed by atoms with Gasteiger partial charge in [-0.25, -0.2) is 9.97 Å². The maximum absolute atomic E-state index is 5.88. The molecule has 0 aromatic carbocycles.